The average Bonchev–Trinajstić information content (AvgIpc) is 3.12. The molecule has 1 amide bonds. The molecule has 1 aromatic heterocycles. The zero-order chi connectivity index (χ0) is 18.2. The minimum atomic E-state index is -0.00106. The Morgan fingerprint density at radius 3 is 2.48 bits per heavy atom. The van der Waals surface area contributed by atoms with Crippen LogP contribution in [0.25, 0.3) is 0 Å². The summed E-state index contributed by atoms with van der Waals surface area (Å²) in [6, 6.07) is 12.1. The van der Waals surface area contributed by atoms with Crippen LogP contribution in [0.5, 0.6) is 5.75 Å². The number of rotatable bonds is 9. The molecule has 25 heavy (non-hydrogen) atoms. The number of ether oxygens (including phenoxy) is 1. The average molecular weight is 361 g/mol. The Morgan fingerprint density at radius 1 is 1.24 bits per heavy atom. The Labute approximate surface area is 154 Å². The van der Waals surface area contributed by atoms with E-state index in [1.807, 2.05) is 30.3 Å². The topological polar surface area (TPSA) is 41.6 Å². The minimum Gasteiger partial charge on any atom is -0.497 e. The highest BCUT2D eigenvalue weighted by Gasteiger charge is 2.19. The van der Waals surface area contributed by atoms with E-state index in [0.29, 0.717) is 12.5 Å². The molecular formula is C20H28N2O2S. The van der Waals surface area contributed by atoms with Crippen molar-refractivity contribution in [2.24, 2.45) is 5.92 Å². The third kappa shape index (κ3) is 5.87. The van der Waals surface area contributed by atoms with Crippen molar-refractivity contribution in [2.75, 3.05) is 20.2 Å². The fraction of sp³-hybridized carbons (Fsp3) is 0.450. The Balaban J connectivity index is 1.98. The summed E-state index contributed by atoms with van der Waals surface area (Å²) in [6.07, 6.45) is 0. The second kappa shape index (κ2) is 9.59. The summed E-state index contributed by atoms with van der Waals surface area (Å²) < 4.78 is 5.21. The zero-order valence-corrected chi connectivity index (χ0v) is 16.3. The van der Waals surface area contributed by atoms with Crippen molar-refractivity contribution in [1.29, 1.82) is 0 Å². The standard InChI is InChI=1S/C20H28N2O2S/c1-5-22(13-18-7-6-12-25-18)14-19(23)21-20(15(2)3)16-8-10-17(24-4)11-9-16/h6-12,15,20H,5,13-14H2,1-4H3,(H,21,23). The van der Waals surface area contributed by atoms with Gasteiger partial charge in [0.05, 0.1) is 19.7 Å². The Bertz CT molecular complexity index is 638. The van der Waals surface area contributed by atoms with Crippen molar-refractivity contribution in [1.82, 2.24) is 10.2 Å². The van der Waals surface area contributed by atoms with Gasteiger partial charge in [-0.1, -0.05) is 39.0 Å². The summed E-state index contributed by atoms with van der Waals surface area (Å²) in [6.45, 7) is 8.41. The van der Waals surface area contributed by atoms with Gasteiger partial charge in [0, 0.05) is 11.4 Å². The smallest absolute Gasteiger partial charge is 0.234 e. The highest BCUT2D eigenvalue weighted by Crippen LogP contribution is 2.24. The molecule has 1 unspecified atom stereocenters. The lowest BCUT2D eigenvalue weighted by Gasteiger charge is -2.25. The van der Waals surface area contributed by atoms with Crippen molar-refractivity contribution in [3.05, 3.63) is 52.2 Å². The number of likely N-dealkylation sites (N-methyl/N-ethyl adjacent to an activating group) is 1. The van der Waals surface area contributed by atoms with Gasteiger partial charge in [0.2, 0.25) is 5.91 Å². The molecule has 136 valence electrons. The van der Waals surface area contributed by atoms with Crippen molar-refractivity contribution in [3.8, 4) is 5.75 Å². The SMILES string of the molecule is CCN(CC(=O)NC(c1ccc(OC)cc1)C(C)C)Cc1cccs1. The zero-order valence-electron chi connectivity index (χ0n) is 15.5. The van der Waals surface area contributed by atoms with Gasteiger partial charge >= 0.3 is 0 Å². The van der Waals surface area contributed by atoms with Crippen LogP contribution in [0, 0.1) is 5.92 Å². The molecule has 0 aliphatic rings. The van der Waals surface area contributed by atoms with Gasteiger partial charge in [0.1, 0.15) is 5.75 Å². The van der Waals surface area contributed by atoms with Gasteiger partial charge in [-0.2, -0.15) is 0 Å². The maximum Gasteiger partial charge on any atom is 0.234 e. The van der Waals surface area contributed by atoms with Crippen molar-refractivity contribution in [2.45, 2.75) is 33.4 Å². The van der Waals surface area contributed by atoms with E-state index in [9.17, 15) is 4.79 Å². The van der Waals surface area contributed by atoms with E-state index in [1.54, 1.807) is 18.4 Å². The third-order valence-electron chi connectivity index (χ3n) is 4.23. The first-order valence-electron chi connectivity index (χ1n) is 8.71. The van der Waals surface area contributed by atoms with E-state index in [0.717, 1.165) is 24.4 Å². The molecule has 0 radical (unpaired) electrons. The molecule has 1 atom stereocenters. The maximum absolute atomic E-state index is 12.6. The highest BCUT2D eigenvalue weighted by molar-refractivity contribution is 7.09. The molecule has 0 aliphatic carbocycles. The Kier molecular flexibility index (Phi) is 7.47. The lowest BCUT2D eigenvalue weighted by atomic mass is 9.96. The predicted molar refractivity (Wildman–Crippen MR) is 104 cm³/mol. The number of benzene rings is 1. The molecule has 0 spiro atoms. The normalized spacial score (nSPS) is 12.4. The van der Waals surface area contributed by atoms with Gasteiger partial charge in [-0.05, 0) is 41.6 Å². The molecule has 2 rings (SSSR count). The van der Waals surface area contributed by atoms with Gasteiger partial charge in [0.25, 0.3) is 0 Å². The third-order valence-corrected chi connectivity index (χ3v) is 5.09. The van der Waals surface area contributed by atoms with Crippen LogP contribution < -0.4 is 10.1 Å². The number of carbonyl (C=O) groups excluding carboxylic acids is 1. The molecule has 1 aromatic carbocycles. The summed E-state index contributed by atoms with van der Waals surface area (Å²) in [7, 11) is 1.66. The molecule has 1 N–H and O–H groups in total. The number of thiophene rings is 1. The summed E-state index contributed by atoms with van der Waals surface area (Å²) in [5.41, 5.74) is 1.10. The minimum absolute atomic E-state index is 0.00106. The fourth-order valence-electron chi connectivity index (χ4n) is 2.77. The van der Waals surface area contributed by atoms with Crippen molar-refractivity contribution >= 4 is 17.2 Å². The summed E-state index contributed by atoms with van der Waals surface area (Å²) in [5.74, 6) is 1.20. The number of amides is 1. The van der Waals surface area contributed by atoms with Gasteiger partial charge in [0.15, 0.2) is 0 Å². The van der Waals surface area contributed by atoms with E-state index >= 15 is 0 Å². The number of hydrogen-bond acceptors (Lipinski definition) is 4. The van der Waals surface area contributed by atoms with Crippen LogP contribution in [-0.4, -0.2) is 31.0 Å². The second-order valence-electron chi connectivity index (χ2n) is 6.45. The lowest BCUT2D eigenvalue weighted by molar-refractivity contribution is -0.123. The Hall–Kier alpha value is -1.85. The van der Waals surface area contributed by atoms with Crippen LogP contribution in [0.1, 0.15) is 37.3 Å². The van der Waals surface area contributed by atoms with E-state index in [1.165, 1.54) is 4.88 Å². The van der Waals surface area contributed by atoms with E-state index in [4.69, 9.17) is 4.74 Å². The summed E-state index contributed by atoms with van der Waals surface area (Å²) in [4.78, 5) is 16.0. The van der Waals surface area contributed by atoms with Crippen LogP contribution >= 0.6 is 11.3 Å². The number of nitrogens with zero attached hydrogens (tertiary/aromatic N) is 1. The van der Waals surface area contributed by atoms with Crippen LogP contribution in [0.15, 0.2) is 41.8 Å². The Morgan fingerprint density at radius 2 is 1.96 bits per heavy atom. The second-order valence-corrected chi connectivity index (χ2v) is 7.48. The molecule has 4 nitrogen and oxygen atoms in total. The monoisotopic (exact) mass is 360 g/mol. The molecule has 5 heteroatoms. The number of methoxy groups -OCH3 is 1. The van der Waals surface area contributed by atoms with Crippen LogP contribution in [0.3, 0.4) is 0 Å². The van der Waals surface area contributed by atoms with Crippen molar-refractivity contribution < 1.29 is 9.53 Å². The fourth-order valence-corrected chi connectivity index (χ4v) is 3.52. The number of nitrogens with one attached hydrogen (secondary N) is 1. The van der Waals surface area contributed by atoms with Crippen LogP contribution in [0.4, 0.5) is 0 Å². The first-order chi connectivity index (χ1) is 12.0. The van der Waals surface area contributed by atoms with Gasteiger partial charge in [-0.3, -0.25) is 9.69 Å². The largest absolute Gasteiger partial charge is 0.497 e. The molecule has 0 fully saturated rings. The number of carbonyl (C=O) groups is 1. The maximum atomic E-state index is 12.6. The molecule has 1 heterocycles. The molecule has 0 bridgehead atoms. The quantitative estimate of drug-likeness (QED) is 0.732. The first-order valence-corrected chi connectivity index (χ1v) is 9.59. The van der Waals surface area contributed by atoms with Gasteiger partial charge < -0.3 is 10.1 Å². The summed E-state index contributed by atoms with van der Waals surface area (Å²) in [5, 5.41) is 5.27. The van der Waals surface area contributed by atoms with E-state index < -0.39 is 0 Å². The first kappa shape index (κ1) is 19.5. The van der Waals surface area contributed by atoms with Crippen molar-refractivity contribution in [3.63, 3.8) is 0 Å². The van der Waals surface area contributed by atoms with Crippen LogP contribution in [-0.2, 0) is 11.3 Å². The van der Waals surface area contributed by atoms with Gasteiger partial charge in [-0.25, -0.2) is 0 Å². The van der Waals surface area contributed by atoms with E-state index in [2.05, 4.69) is 42.4 Å². The van der Waals surface area contributed by atoms with Gasteiger partial charge in [-0.15, -0.1) is 11.3 Å². The lowest BCUT2D eigenvalue weighted by Crippen LogP contribution is -2.39. The van der Waals surface area contributed by atoms with E-state index in [-0.39, 0.29) is 11.9 Å². The molecule has 0 saturated carbocycles. The number of hydrogen-bond donors (Lipinski definition) is 1. The predicted octanol–water partition coefficient (Wildman–Crippen LogP) is 4.09. The molecule has 0 saturated heterocycles. The molecule has 0 aliphatic heterocycles. The highest BCUT2D eigenvalue weighted by atomic mass is 32.1. The summed E-state index contributed by atoms with van der Waals surface area (Å²) >= 11 is 1.73. The van der Waals surface area contributed by atoms with Crippen LogP contribution in [0.2, 0.25) is 0 Å². The molecule has 2 aromatic rings. The molecular weight excluding hydrogens is 332 g/mol.